The summed E-state index contributed by atoms with van der Waals surface area (Å²) >= 11 is 1.60. The van der Waals surface area contributed by atoms with Gasteiger partial charge in [0.15, 0.2) is 5.13 Å². The lowest BCUT2D eigenvalue weighted by molar-refractivity contribution is 0.102. The van der Waals surface area contributed by atoms with E-state index in [9.17, 15) is 4.79 Å². The second kappa shape index (κ2) is 5.77. The van der Waals surface area contributed by atoms with E-state index in [1.54, 1.807) is 11.3 Å². The molecule has 1 aromatic heterocycles. The van der Waals surface area contributed by atoms with Gasteiger partial charge in [-0.1, -0.05) is 0 Å². The summed E-state index contributed by atoms with van der Waals surface area (Å²) in [5.41, 5.74) is 3.96. The molecule has 1 amide bonds. The molecule has 0 unspecified atom stereocenters. The third-order valence-electron chi connectivity index (χ3n) is 4.22. The quantitative estimate of drug-likeness (QED) is 0.939. The van der Waals surface area contributed by atoms with Crippen LogP contribution in [0.4, 0.5) is 10.8 Å². The maximum absolute atomic E-state index is 12.3. The molecule has 1 N–H and O–H groups in total. The predicted octanol–water partition coefficient (Wildman–Crippen LogP) is 3.47. The van der Waals surface area contributed by atoms with Crippen LogP contribution in [0.5, 0.6) is 0 Å². The van der Waals surface area contributed by atoms with E-state index in [4.69, 9.17) is 0 Å². The van der Waals surface area contributed by atoms with Crippen molar-refractivity contribution in [1.29, 1.82) is 0 Å². The van der Waals surface area contributed by atoms with Crippen LogP contribution in [-0.4, -0.2) is 23.1 Å². The standard InChI is InChI=1S/C17H18N4OS/c1-11-9-10-21(20-11)13-7-5-12(6-8-13)16(22)19-17-18-14-3-2-4-15(14)23-17/h5-8H,2-4,9-10H2,1H3,(H,18,19,22). The van der Waals surface area contributed by atoms with Crippen LogP contribution in [0.3, 0.4) is 0 Å². The average Bonchev–Trinajstić information content (AvgIpc) is 3.23. The topological polar surface area (TPSA) is 57.6 Å². The number of benzene rings is 1. The molecule has 4 rings (SSSR count). The lowest BCUT2D eigenvalue weighted by atomic mass is 10.2. The highest BCUT2D eigenvalue weighted by Gasteiger charge is 2.18. The van der Waals surface area contributed by atoms with E-state index in [2.05, 4.69) is 15.4 Å². The number of anilines is 2. The summed E-state index contributed by atoms with van der Waals surface area (Å²) in [6.07, 6.45) is 4.30. The van der Waals surface area contributed by atoms with Gasteiger partial charge in [-0.05, 0) is 50.5 Å². The number of fused-ring (bicyclic) bond motifs is 1. The Morgan fingerprint density at radius 3 is 2.74 bits per heavy atom. The Hall–Kier alpha value is -2.21. The minimum absolute atomic E-state index is 0.106. The molecule has 118 valence electrons. The first-order valence-corrected chi connectivity index (χ1v) is 8.72. The maximum Gasteiger partial charge on any atom is 0.257 e. The Morgan fingerprint density at radius 2 is 2.04 bits per heavy atom. The van der Waals surface area contributed by atoms with Crippen LogP contribution >= 0.6 is 11.3 Å². The molecule has 2 aliphatic rings. The van der Waals surface area contributed by atoms with E-state index < -0.39 is 0 Å². The highest BCUT2D eigenvalue weighted by molar-refractivity contribution is 7.16. The van der Waals surface area contributed by atoms with Crippen LogP contribution in [0, 0.1) is 0 Å². The minimum atomic E-state index is -0.106. The summed E-state index contributed by atoms with van der Waals surface area (Å²) in [7, 11) is 0. The van der Waals surface area contributed by atoms with Gasteiger partial charge in [0, 0.05) is 29.1 Å². The Morgan fingerprint density at radius 1 is 1.22 bits per heavy atom. The first-order valence-electron chi connectivity index (χ1n) is 7.91. The first kappa shape index (κ1) is 14.4. The number of hydrogen-bond donors (Lipinski definition) is 1. The highest BCUT2D eigenvalue weighted by atomic mass is 32.1. The highest BCUT2D eigenvalue weighted by Crippen LogP contribution is 2.30. The van der Waals surface area contributed by atoms with Gasteiger partial charge in [0.05, 0.1) is 11.4 Å². The number of nitrogens with zero attached hydrogens (tertiary/aromatic N) is 3. The van der Waals surface area contributed by atoms with Crippen molar-refractivity contribution in [2.45, 2.75) is 32.6 Å². The fraction of sp³-hybridized carbons (Fsp3) is 0.353. The molecule has 5 nitrogen and oxygen atoms in total. The van der Waals surface area contributed by atoms with Crippen molar-refractivity contribution in [3.63, 3.8) is 0 Å². The van der Waals surface area contributed by atoms with Crippen LogP contribution < -0.4 is 10.3 Å². The van der Waals surface area contributed by atoms with Gasteiger partial charge >= 0.3 is 0 Å². The lowest BCUT2D eigenvalue weighted by Crippen LogP contribution is -2.14. The molecule has 0 saturated carbocycles. The van der Waals surface area contributed by atoms with Crippen molar-refractivity contribution in [2.75, 3.05) is 16.9 Å². The van der Waals surface area contributed by atoms with Gasteiger partial charge in [0.1, 0.15) is 0 Å². The first-order chi connectivity index (χ1) is 11.2. The van der Waals surface area contributed by atoms with E-state index in [0.29, 0.717) is 10.7 Å². The Balaban J connectivity index is 1.45. The van der Waals surface area contributed by atoms with E-state index in [1.165, 1.54) is 11.3 Å². The number of nitrogens with one attached hydrogen (secondary N) is 1. The fourth-order valence-corrected chi connectivity index (χ4v) is 4.00. The summed E-state index contributed by atoms with van der Waals surface area (Å²) in [6.45, 7) is 2.94. The number of hydrazone groups is 1. The van der Waals surface area contributed by atoms with Crippen LogP contribution in [0.15, 0.2) is 29.4 Å². The van der Waals surface area contributed by atoms with Crippen LogP contribution in [0.1, 0.15) is 40.7 Å². The Labute approximate surface area is 139 Å². The zero-order chi connectivity index (χ0) is 15.8. The van der Waals surface area contributed by atoms with Gasteiger partial charge in [-0.25, -0.2) is 4.98 Å². The van der Waals surface area contributed by atoms with Crippen LogP contribution in [0.25, 0.3) is 0 Å². The normalized spacial score (nSPS) is 16.4. The van der Waals surface area contributed by atoms with Crippen molar-refractivity contribution in [3.8, 4) is 0 Å². The second-order valence-electron chi connectivity index (χ2n) is 5.95. The molecule has 0 bridgehead atoms. The molecule has 0 spiro atoms. The van der Waals surface area contributed by atoms with Crippen molar-refractivity contribution in [3.05, 3.63) is 40.4 Å². The Bertz CT molecular complexity index is 757. The monoisotopic (exact) mass is 326 g/mol. The lowest BCUT2D eigenvalue weighted by Gasteiger charge is -2.13. The molecule has 23 heavy (non-hydrogen) atoms. The minimum Gasteiger partial charge on any atom is -0.298 e. The molecule has 1 aliphatic carbocycles. The number of amides is 1. The summed E-state index contributed by atoms with van der Waals surface area (Å²) in [6, 6.07) is 7.57. The molecule has 1 aromatic carbocycles. The van der Waals surface area contributed by atoms with Gasteiger partial charge in [0.25, 0.3) is 5.91 Å². The number of aromatic nitrogens is 1. The summed E-state index contributed by atoms with van der Waals surface area (Å²) < 4.78 is 0. The Kier molecular flexibility index (Phi) is 3.61. The number of carbonyl (C=O) groups is 1. The molecule has 2 heterocycles. The molecule has 6 heteroatoms. The summed E-state index contributed by atoms with van der Waals surface area (Å²) in [5.74, 6) is -0.106. The summed E-state index contributed by atoms with van der Waals surface area (Å²) in [4.78, 5) is 18.2. The molecule has 2 aromatic rings. The molecule has 0 atom stereocenters. The van der Waals surface area contributed by atoms with E-state index in [0.717, 1.165) is 42.9 Å². The van der Waals surface area contributed by atoms with Crippen molar-refractivity contribution < 1.29 is 4.79 Å². The molecule has 1 aliphatic heterocycles. The third kappa shape index (κ3) is 2.86. The van der Waals surface area contributed by atoms with Crippen molar-refractivity contribution in [2.24, 2.45) is 5.10 Å². The van der Waals surface area contributed by atoms with Gasteiger partial charge in [-0.2, -0.15) is 5.10 Å². The van der Waals surface area contributed by atoms with Crippen LogP contribution in [-0.2, 0) is 12.8 Å². The van der Waals surface area contributed by atoms with E-state index in [-0.39, 0.29) is 5.91 Å². The molecule has 0 fully saturated rings. The van der Waals surface area contributed by atoms with E-state index >= 15 is 0 Å². The smallest absolute Gasteiger partial charge is 0.257 e. The van der Waals surface area contributed by atoms with Gasteiger partial charge in [-0.3, -0.25) is 15.1 Å². The molecule has 0 radical (unpaired) electrons. The molecular weight excluding hydrogens is 308 g/mol. The number of rotatable bonds is 3. The van der Waals surface area contributed by atoms with E-state index in [1.807, 2.05) is 36.2 Å². The SMILES string of the molecule is CC1=NN(c2ccc(C(=O)Nc3nc4c(s3)CCC4)cc2)CC1. The number of aryl methyl sites for hydroxylation is 2. The summed E-state index contributed by atoms with van der Waals surface area (Å²) in [5, 5.41) is 10.1. The van der Waals surface area contributed by atoms with Crippen molar-refractivity contribution in [1.82, 2.24) is 4.98 Å². The second-order valence-corrected chi connectivity index (χ2v) is 7.04. The number of carbonyl (C=O) groups excluding carboxylic acids is 1. The number of hydrogen-bond acceptors (Lipinski definition) is 5. The maximum atomic E-state index is 12.3. The van der Waals surface area contributed by atoms with Gasteiger partial charge < -0.3 is 0 Å². The van der Waals surface area contributed by atoms with Crippen molar-refractivity contribution >= 4 is 33.8 Å². The fourth-order valence-electron chi connectivity index (χ4n) is 2.96. The zero-order valence-electron chi connectivity index (χ0n) is 13.0. The largest absolute Gasteiger partial charge is 0.298 e. The third-order valence-corrected chi connectivity index (χ3v) is 5.29. The molecule has 0 saturated heterocycles. The predicted molar refractivity (Wildman–Crippen MR) is 93.6 cm³/mol. The zero-order valence-corrected chi connectivity index (χ0v) is 13.8. The number of thiazole rings is 1. The van der Waals surface area contributed by atoms with Gasteiger partial charge in [-0.15, -0.1) is 11.3 Å². The van der Waals surface area contributed by atoms with Gasteiger partial charge in [0.2, 0.25) is 0 Å². The molecular formula is C17H18N4OS. The van der Waals surface area contributed by atoms with Crippen LogP contribution in [0.2, 0.25) is 0 Å². The average molecular weight is 326 g/mol.